The molecule has 0 saturated carbocycles. The number of Topliss-reactive ketones (excluding diaryl/α,β-unsaturated/α-hetero) is 1. The number of non-ortho nitro benzene ring substituents is 1. The number of rotatable bonds is 9. The summed E-state index contributed by atoms with van der Waals surface area (Å²) >= 11 is 0. The molecule has 11 heteroatoms. The van der Waals surface area contributed by atoms with Crippen molar-refractivity contribution in [2.45, 2.75) is 19.3 Å². The number of hydrogen-bond acceptors (Lipinski definition) is 7. The smallest absolute Gasteiger partial charge is 0.323 e. The summed E-state index contributed by atoms with van der Waals surface area (Å²) in [4.78, 5) is 48.7. The van der Waals surface area contributed by atoms with Crippen molar-refractivity contribution < 1.29 is 28.8 Å². The molecule has 3 aromatic rings. The summed E-state index contributed by atoms with van der Waals surface area (Å²) in [5.41, 5.74) is 5.60. The zero-order chi connectivity index (χ0) is 27.3. The van der Waals surface area contributed by atoms with E-state index in [1.54, 1.807) is 31.2 Å². The van der Waals surface area contributed by atoms with Crippen molar-refractivity contribution >= 4 is 34.8 Å². The van der Waals surface area contributed by atoms with Crippen molar-refractivity contribution in [3.05, 3.63) is 87.5 Å². The largest absolute Gasteiger partial charge is 0.493 e. The van der Waals surface area contributed by atoms with Crippen molar-refractivity contribution in [1.29, 1.82) is 0 Å². The van der Waals surface area contributed by atoms with E-state index in [1.807, 2.05) is 0 Å². The molecule has 0 fully saturated rings. The number of nitrogens with zero attached hydrogens (tertiary/aromatic N) is 1. The molecular formula is C26H26N4O7. The number of nitro benzene ring substituents is 1. The molecule has 1 unspecified atom stereocenters. The second-order valence-corrected chi connectivity index (χ2v) is 8.23. The van der Waals surface area contributed by atoms with Crippen molar-refractivity contribution in [2.24, 2.45) is 5.73 Å². The average Bonchev–Trinajstić information content (AvgIpc) is 2.87. The van der Waals surface area contributed by atoms with E-state index in [4.69, 9.17) is 15.2 Å². The lowest BCUT2D eigenvalue weighted by Gasteiger charge is -2.31. The van der Waals surface area contributed by atoms with E-state index >= 15 is 0 Å². The van der Waals surface area contributed by atoms with Crippen LogP contribution in [0.15, 0.2) is 60.7 Å². The maximum Gasteiger partial charge on any atom is 0.323 e. The molecule has 0 aliphatic heterocycles. The first-order valence-electron chi connectivity index (χ1n) is 11.0. The van der Waals surface area contributed by atoms with Crippen molar-refractivity contribution in [3.63, 3.8) is 0 Å². The Morgan fingerprint density at radius 2 is 1.51 bits per heavy atom. The van der Waals surface area contributed by atoms with Crippen LogP contribution >= 0.6 is 0 Å². The van der Waals surface area contributed by atoms with E-state index in [0.717, 1.165) is 0 Å². The SMILES string of the molecule is COc1cc(C(C)=O)c(C(C)(C(N)=O)c2ccccc2NC(=O)Nc2ccc([N+](=O)[O-])cc2)cc1OC. The fourth-order valence-corrected chi connectivity index (χ4v) is 3.97. The number of nitro groups is 1. The number of nitrogens with one attached hydrogen (secondary N) is 2. The van der Waals surface area contributed by atoms with Crippen LogP contribution in [-0.2, 0) is 10.2 Å². The zero-order valence-corrected chi connectivity index (χ0v) is 20.7. The molecule has 0 aromatic heterocycles. The van der Waals surface area contributed by atoms with Gasteiger partial charge in [-0.15, -0.1) is 0 Å². The standard InChI is InChI=1S/C26H26N4O7/c1-15(31)18-13-22(36-3)23(37-4)14-20(18)26(2,24(27)32)19-7-5-6-8-21(19)29-25(33)28-16-9-11-17(12-10-16)30(34)35/h5-14H,1-4H3,(H2,27,32)(H2,28,29,33). The van der Waals surface area contributed by atoms with Crippen molar-refractivity contribution in [2.75, 3.05) is 24.9 Å². The Balaban J connectivity index is 2.07. The van der Waals surface area contributed by atoms with Crippen LogP contribution in [-0.4, -0.2) is 36.9 Å². The number of para-hydroxylation sites is 1. The van der Waals surface area contributed by atoms with Crippen LogP contribution in [0, 0.1) is 10.1 Å². The second-order valence-electron chi connectivity index (χ2n) is 8.23. The molecule has 0 spiro atoms. The summed E-state index contributed by atoms with van der Waals surface area (Å²) in [6.07, 6.45) is 0. The summed E-state index contributed by atoms with van der Waals surface area (Å²) in [5.74, 6) is -0.509. The molecule has 0 saturated heterocycles. The van der Waals surface area contributed by atoms with Gasteiger partial charge in [-0.25, -0.2) is 4.79 Å². The van der Waals surface area contributed by atoms with Crippen LogP contribution in [0.25, 0.3) is 0 Å². The monoisotopic (exact) mass is 506 g/mol. The lowest BCUT2D eigenvalue weighted by atomic mass is 9.72. The molecule has 37 heavy (non-hydrogen) atoms. The number of amides is 3. The van der Waals surface area contributed by atoms with E-state index < -0.39 is 22.3 Å². The Bertz CT molecular complexity index is 1370. The van der Waals surface area contributed by atoms with Crippen LogP contribution < -0.4 is 25.8 Å². The zero-order valence-electron chi connectivity index (χ0n) is 20.7. The maximum absolute atomic E-state index is 13.0. The van der Waals surface area contributed by atoms with Gasteiger partial charge >= 0.3 is 6.03 Å². The van der Waals surface area contributed by atoms with Crippen molar-refractivity contribution in [1.82, 2.24) is 0 Å². The maximum atomic E-state index is 13.0. The fraction of sp³-hybridized carbons (Fsp3) is 0.192. The van der Waals surface area contributed by atoms with Gasteiger partial charge in [-0.1, -0.05) is 18.2 Å². The van der Waals surface area contributed by atoms with Gasteiger partial charge < -0.3 is 25.8 Å². The lowest BCUT2D eigenvalue weighted by Crippen LogP contribution is -2.41. The third-order valence-electron chi connectivity index (χ3n) is 5.98. The molecule has 192 valence electrons. The first kappa shape index (κ1) is 26.7. The Labute approximate surface area is 212 Å². The number of nitrogens with two attached hydrogens (primary N) is 1. The molecule has 11 nitrogen and oxygen atoms in total. The van der Waals surface area contributed by atoms with Crippen LogP contribution in [0.5, 0.6) is 11.5 Å². The minimum atomic E-state index is -1.57. The molecule has 3 amide bonds. The highest BCUT2D eigenvalue weighted by Gasteiger charge is 2.40. The third kappa shape index (κ3) is 5.35. The number of carbonyl (C=O) groups excluding carboxylic acids is 3. The van der Waals surface area contributed by atoms with Gasteiger partial charge in [0.15, 0.2) is 17.3 Å². The number of methoxy groups -OCH3 is 2. The molecule has 0 radical (unpaired) electrons. The van der Waals surface area contributed by atoms with Gasteiger partial charge in [-0.05, 0) is 55.3 Å². The molecular weight excluding hydrogens is 480 g/mol. The highest BCUT2D eigenvalue weighted by molar-refractivity contribution is 6.04. The van der Waals surface area contributed by atoms with Gasteiger partial charge in [-0.2, -0.15) is 0 Å². The highest BCUT2D eigenvalue weighted by Crippen LogP contribution is 2.42. The van der Waals surface area contributed by atoms with Gasteiger partial charge in [0, 0.05) is 29.1 Å². The van der Waals surface area contributed by atoms with E-state index in [-0.39, 0.29) is 34.0 Å². The molecule has 0 bridgehead atoms. The quantitative estimate of drug-likeness (QED) is 0.222. The Kier molecular flexibility index (Phi) is 7.76. The molecule has 4 N–H and O–H groups in total. The Hall–Kier alpha value is -4.93. The first-order chi connectivity index (χ1) is 17.5. The molecule has 0 aliphatic carbocycles. The number of carbonyl (C=O) groups is 3. The van der Waals surface area contributed by atoms with Crippen LogP contribution in [0.2, 0.25) is 0 Å². The highest BCUT2D eigenvalue weighted by atomic mass is 16.6. The summed E-state index contributed by atoms with van der Waals surface area (Å²) < 4.78 is 10.7. The van der Waals surface area contributed by atoms with Crippen LogP contribution in [0.3, 0.4) is 0 Å². The molecule has 0 aliphatic rings. The summed E-state index contributed by atoms with van der Waals surface area (Å²) in [5, 5.41) is 16.1. The summed E-state index contributed by atoms with van der Waals surface area (Å²) in [7, 11) is 2.85. The van der Waals surface area contributed by atoms with Gasteiger partial charge in [0.25, 0.3) is 5.69 Å². The van der Waals surface area contributed by atoms with E-state index in [9.17, 15) is 24.5 Å². The third-order valence-corrected chi connectivity index (χ3v) is 5.98. The Morgan fingerprint density at radius 1 is 0.919 bits per heavy atom. The molecule has 0 heterocycles. The number of primary amides is 1. The Morgan fingerprint density at radius 3 is 2.05 bits per heavy atom. The normalized spacial score (nSPS) is 12.1. The van der Waals surface area contributed by atoms with Gasteiger partial charge in [-0.3, -0.25) is 19.7 Å². The second kappa shape index (κ2) is 10.8. The minimum absolute atomic E-state index is 0.121. The minimum Gasteiger partial charge on any atom is -0.493 e. The summed E-state index contributed by atoms with van der Waals surface area (Å²) in [6, 6.07) is 14.2. The average molecular weight is 507 g/mol. The predicted molar refractivity (Wildman–Crippen MR) is 137 cm³/mol. The van der Waals surface area contributed by atoms with Gasteiger partial charge in [0.2, 0.25) is 5.91 Å². The van der Waals surface area contributed by atoms with Crippen LogP contribution in [0.1, 0.15) is 35.3 Å². The number of hydrogen-bond donors (Lipinski definition) is 3. The molecule has 3 aromatic carbocycles. The summed E-state index contributed by atoms with van der Waals surface area (Å²) in [6.45, 7) is 2.91. The fourth-order valence-electron chi connectivity index (χ4n) is 3.97. The van der Waals surface area contributed by atoms with Crippen LogP contribution in [0.4, 0.5) is 21.9 Å². The number of urea groups is 1. The number of anilines is 2. The molecule has 1 atom stereocenters. The topological polar surface area (TPSA) is 163 Å². The number of ketones is 1. The lowest BCUT2D eigenvalue weighted by molar-refractivity contribution is -0.384. The van der Waals surface area contributed by atoms with E-state index in [1.165, 1.54) is 57.5 Å². The van der Waals surface area contributed by atoms with Gasteiger partial charge in [0.05, 0.1) is 24.6 Å². The molecule has 3 rings (SSSR count). The van der Waals surface area contributed by atoms with E-state index in [0.29, 0.717) is 17.0 Å². The van der Waals surface area contributed by atoms with Gasteiger partial charge in [0.1, 0.15) is 0 Å². The van der Waals surface area contributed by atoms with Crippen molar-refractivity contribution in [3.8, 4) is 11.5 Å². The number of ether oxygens (including phenoxy) is 2. The van der Waals surface area contributed by atoms with E-state index in [2.05, 4.69) is 10.6 Å². The first-order valence-corrected chi connectivity index (χ1v) is 11.0. The number of benzene rings is 3. The predicted octanol–water partition coefficient (Wildman–Crippen LogP) is 4.25.